The quantitative estimate of drug-likeness (QED) is 0.571. The van der Waals surface area contributed by atoms with Crippen molar-refractivity contribution in [3.8, 4) is 0 Å². The third-order valence-electron chi connectivity index (χ3n) is 4.20. The van der Waals surface area contributed by atoms with Crippen molar-refractivity contribution in [2.45, 2.75) is 39.3 Å². The third kappa shape index (κ3) is 2.74. The highest BCUT2D eigenvalue weighted by Gasteiger charge is 2.20. The summed E-state index contributed by atoms with van der Waals surface area (Å²) in [7, 11) is -2.50. The summed E-state index contributed by atoms with van der Waals surface area (Å²) in [5.41, 5.74) is 0. The molecule has 0 atom stereocenters. The molecular weight excluding hydrogens is 304 g/mol. The van der Waals surface area contributed by atoms with E-state index in [-0.39, 0.29) is 0 Å². The average Bonchev–Trinajstić information content (AvgIpc) is 2.73. The molecular formula is C18H24SSi2. The molecule has 3 aromatic rings. The molecule has 0 spiro atoms. The van der Waals surface area contributed by atoms with E-state index in [2.05, 4.69) is 75.7 Å². The first-order valence-corrected chi connectivity index (χ1v) is 15.5. The molecule has 0 amide bonds. The van der Waals surface area contributed by atoms with Gasteiger partial charge in [-0.2, -0.15) is 0 Å². The van der Waals surface area contributed by atoms with Crippen LogP contribution in [-0.4, -0.2) is 16.1 Å². The first-order valence-electron chi connectivity index (χ1n) is 7.63. The van der Waals surface area contributed by atoms with Crippen molar-refractivity contribution in [3.63, 3.8) is 0 Å². The highest BCUT2D eigenvalue weighted by molar-refractivity contribution is 7.25. The molecule has 3 heteroatoms. The molecule has 2 aromatic carbocycles. The van der Waals surface area contributed by atoms with Gasteiger partial charge in [0.25, 0.3) is 0 Å². The zero-order chi connectivity index (χ0) is 15.4. The summed E-state index contributed by atoms with van der Waals surface area (Å²) in [4.78, 5) is 0. The van der Waals surface area contributed by atoms with Gasteiger partial charge in [0.1, 0.15) is 0 Å². The van der Waals surface area contributed by atoms with Crippen LogP contribution in [0, 0.1) is 0 Å². The molecule has 0 fully saturated rings. The van der Waals surface area contributed by atoms with E-state index in [0.29, 0.717) is 0 Å². The maximum atomic E-state index is 2.47. The lowest BCUT2D eigenvalue weighted by Gasteiger charge is -2.17. The Morgan fingerprint density at radius 1 is 0.619 bits per heavy atom. The third-order valence-corrected chi connectivity index (χ3v) is 9.44. The van der Waals surface area contributed by atoms with E-state index in [1.807, 2.05) is 11.3 Å². The van der Waals surface area contributed by atoms with E-state index < -0.39 is 16.1 Å². The van der Waals surface area contributed by atoms with Crippen LogP contribution in [0.5, 0.6) is 0 Å². The first-order chi connectivity index (χ1) is 9.66. The van der Waals surface area contributed by atoms with E-state index in [1.54, 1.807) is 10.4 Å². The Morgan fingerprint density at radius 3 is 1.33 bits per heavy atom. The van der Waals surface area contributed by atoms with Gasteiger partial charge in [-0.3, -0.25) is 0 Å². The molecule has 0 aliphatic carbocycles. The average molecular weight is 329 g/mol. The molecule has 110 valence electrons. The Kier molecular flexibility index (Phi) is 3.43. The summed E-state index contributed by atoms with van der Waals surface area (Å²) in [6.45, 7) is 14.6. The van der Waals surface area contributed by atoms with Gasteiger partial charge in [0.15, 0.2) is 0 Å². The molecule has 0 N–H and O–H groups in total. The Balaban J connectivity index is 2.31. The Bertz CT molecular complexity index is 748. The lowest BCUT2D eigenvalue weighted by Crippen LogP contribution is -2.37. The van der Waals surface area contributed by atoms with Crippen molar-refractivity contribution >= 4 is 58.0 Å². The van der Waals surface area contributed by atoms with E-state index in [1.165, 1.54) is 20.2 Å². The van der Waals surface area contributed by atoms with Crippen molar-refractivity contribution in [2.75, 3.05) is 0 Å². The Hall–Kier alpha value is -0.906. The molecule has 0 saturated carbocycles. The fourth-order valence-electron chi connectivity index (χ4n) is 2.71. The standard InChI is InChI=1S/C18H24SSi2/c1-20(2,3)13-7-9-17-15(11-13)16-12-14(21(4,5)6)8-10-18(16)19-17/h7-12H,1-6H3. The van der Waals surface area contributed by atoms with Crippen molar-refractivity contribution in [1.82, 2.24) is 0 Å². The van der Waals surface area contributed by atoms with Crippen LogP contribution in [0.15, 0.2) is 36.4 Å². The minimum atomic E-state index is -1.25. The van der Waals surface area contributed by atoms with Gasteiger partial charge < -0.3 is 0 Å². The summed E-state index contributed by atoms with van der Waals surface area (Å²) in [6, 6.07) is 14.3. The molecule has 1 aromatic heterocycles. The molecule has 21 heavy (non-hydrogen) atoms. The summed E-state index contributed by atoms with van der Waals surface area (Å²) in [5, 5.41) is 6.06. The zero-order valence-corrected chi connectivity index (χ0v) is 16.7. The van der Waals surface area contributed by atoms with E-state index in [4.69, 9.17) is 0 Å². The molecule has 0 unspecified atom stereocenters. The minimum Gasteiger partial charge on any atom is -0.135 e. The van der Waals surface area contributed by atoms with Crippen LogP contribution in [0.2, 0.25) is 39.3 Å². The molecule has 0 nitrogen and oxygen atoms in total. The van der Waals surface area contributed by atoms with E-state index >= 15 is 0 Å². The number of thiophene rings is 1. The van der Waals surface area contributed by atoms with Crippen LogP contribution in [0.3, 0.4) is 0 Å². The smallest absolute Gasteiger partial charge is 0.0776 e. The van der Waals surface area contributed by atoms with Gasteiger partial charge in [-0.1, -0.05) is 73.9 Å². The normalized spacial score (nSPS) is 13.2. The van der Waals surface area contributed by atoms with Crippen LogP contribution < -0.4 is 10.4 Å². The second-order valence-corrected chi connectivity index (χ2v) is 19.3. The second-order valence-electron chi connectivity index (χ2n) is 8.02. The first kappa shape index (κ1) is 15.0. The lowest BCUT2D eigenvalue weighted by molar-refractivity contribution is 1.73. The van der Waals surface area contributed by atoms with Gasteiger partial charge in [-0.05, 0) is 12.1 Å². The van der Waals surface area contributed by atoms with Gasteiger partial charge in [-0.15, -0.1) is 11.3 Å². The molecule has 3 rings (SSSR count). The minimum absolute atomic E-state index is 1.25. The summed E-state index contributed by atoms with van der Waals surface area (Å²) in [6.07, 6.45) is 0. The van der Waals surface area contributed by atoms with Crippen molar-refractivity contribution in [3.05, 3.63) is 36.4 Å². The number of hydrogen-bond donors (Lipinski definition) is 0. The van der Waals surface area contributed by atoms with Gasteiger partial charge in [0.2, 0.25) is 0 Å². The number of rotatable bonds is 2. The molecule has 0 aliphatic heterocycles. The fraction of sp³-hybridized carbons (Fsp3) is 0.333. The largest absolute Gasteiger partial charge is 0.135 e. The second kappa shape index (κ2) is 4.80. The van der Waals surface area contributed by atoms with Gasteiger partial charge >= 0.3 is 0 Å². The van der Waals surface area contributed by atoms with Gasteiger partial charge in [0, 0.05) is 20.2 Å². The summed E-state index contributed by atoms with van der Waals surface area (Å²) in [5.74, 6) is 0. The SMILES string of the molecule is C[Si](C)(C)c1ccc2sc3ccc([Si](C)(C)C)cc3c2c1. The van der Waals surface area contributed by atoms with Crippen molar-refractivity contribution in [1.29, 1.82) is 0 Å². The monoisotopic (exact) mass is 328 g/mol. The number of hydrogen-bond acceptors (Lipinski definition) is 1. The Morgan fingerprint density at radius 2 is 1.00 bits per heavy atom. The molecule has 0 radical (unpaired) electrons. The van der Waals surface area contributed by atoms with Crippen LogP contribution in [-0.2, 0) is 0 Å². The van der Waals surface area contributed by atoms with Gasteiger partial charge in [0.05, 0.1) is 16.1 Å². The Labute approximate surface area is 133 Å². The topological polar surface area (TPSA) is 0 Å². The molecule has 0 bridgehead atoms. The molecule has 0 aliphatic rings. The lowest BCUT2D eigenvalue weighted by atomic mass is 10.1. The van der Waals surface area contributed by atoms with Gasteiger partial charge in [-0.25, -0.2) is 0 Å². The maximum absolute atomic E-state index is 2.47. The molecule has 1 heterocycles. The highest BCUT2D eigenvalue weighted by atomic mass is 32.1. The number of benzene rings is 2. The van der Waals surface area contributed by atoms with Crippen molar-refractivity contribution < 1.29 is 0 Å². The number of fused-ring (bicyclic) bond motifs is 3. The van der Waals surface area contributed by atoms with Crippen LogP contribution in [0.1, 0.15) is 0 Å². The van der Waals surface area contributed by atoms with Crippen LogP contribution in [0.4, 0.5) is 0 Å². The highest BCUT2D eigenvalue weighted by Crippen LogP contribution is 2.33. The van der Waals surface area contributed by atoms with Crippen LogP contribution in [0.25, 0.3) is 20.2 Å². The van der Waals surface area contributed by atoms with Crippen molar-refractivity contribution in [2.24, 2.45) is 0 Å². The summed E-state index contributed by atoms with van der Waals surface area (Å²) < 4.78 is 2.86. The predicted molar refractivity (Wildman–Crippen MR) is 105 cm³/mol. The van der Waals surface area contributed by atoms with E-state index in [9.17, 15) is 0 Å². The maximum Gasteiger partial charge on any atom is 0.0776 e. The fourth-order valence-corrected chi connectivity index (χ4v) is 6.10. The van der Waals surface area contributed by atoms with Crippen LogP contribution >= 0.6 is 11.3 Å². The predicted octanol–water partition coefficient (Wildman–Crippen LogP) is 5.14. The molecule has 0 saturated heterocycles. The summed E-state index contributed by atoms with van der Waals surface area (Å²) >= 11 is 1.93. The van der Waals surface area contributed by atoms with E-state index in [0.717, 1.165) is 0 Å². The zero-order valence-electron chi connectivity index (χ0n) is 13.9.